The quantitative estimate of drug-likeness (QED) is 0.762. The first-order valence-corrected chi connectivity index (χ1v) is 8.35. The van der Waals surface area contributed by atoms with Gasteiger partial charge >= 0.3 is 0 Å². The molecule has 0 aliphatic heterocycles. The molecule has 0 aromatic carbocycles. The van der Waals surface area contributed by atoms with Gasteiger partial charge in [-0.1, -0.05) is 20.8 Å². The van der Waals surface area contributed by atoms with Gasteiger partial charge in [0.2, 0.25) is 0 Å². The Morgan fingerprint density at radius 2 is 2.05 bits per heavy atom. The molecule has 0 amide bonds. The molecule has 2 heterocycles. The summed E-state index contributed by atoms with van der Waals surface area (Å²) >= 11 is 2.33. The van der Waals surface area contributed by atoms with Crippen LogP contribution in [0.1, 0.15) is 44.4 Å². The number of nitrogens with one attached hydrogen (secondary N) is 1. The largest absolute Gasteiger partial charge is 0.369 e. The Labute approximate surface area is 140 Å². The van der Waals surface area contributed by atoms with E-state index in [9.17, 15) is 0 Å². The molecule has 5 heteroatoms. The molecule has 2 aromatic heterocycles. The maximum atomic E-state index is 4.73. The van der Waals surface area contributed by atoms with Gasteiger partial charge in [-0.15, -0.1) is 0 Å². The van der Waals surface area contributed by atoms with Crippen molar-refractivity contribution in [2.75, 3.05) is 11.9 Å². The third-order valence-electron chi connectivity index (χ3n) is 3.11. The molecule has 0 radical (unpaired) electrons. The first-order chi connectivity index (χ1) is 10.0. The molecule has 2 rings (SSSR count). The predicted molar refractivity (Wildman–Crippen MR) is 95.6 cm³/mol. The van der Waals surface area contributed by atoms with E-state index in [2.05, 4.69) is 65.6 Å². The summed E-state index contributed by atoms with van der Waals surface area (Å²) in [4.78, 5) is 13.8. The second kappa shape index (κ2) is 7.15. The van der Waals surface area contributed by atoms with Crippen LogP contribution >= 0.6 is 22.6 Å². The zero-order valence-corrected chi connectivity index (χ0v) is 15.1. The second-order valence-electron chi connectivity index (χ2n) is 5.39. The molecule has 0 bridgehead atoms. The summed E-state index contributed by atoms with van der Waals surface area (Å²) in [6.07, 6.45) is 2.87. The molecule has 112 valence electrons. The number of halogens is 1. The first kappa shape index (κ1) is 16.1. The zero-order valence-electron chi connectivity index (χ0n) is 12.9. The normalized spacial score (nSPS) is 11.0. The average molecular weight is 396 g/mol. The van der Waals surface area contributed by atoms with E-state index in [0.29, 0.717) is 11.7 Å². The number of hydrogen-bond acceptors (Lipinski definition) is 4. The van der Waals surface area contributed by atoms with Crippen molar-refractivity contribution in [2.24, 2.45) is 0 Å². The Morgan fingerprint density at radius 1 is 1.29 bits per heavy atom. The lowest BCUT2D eigenvalue weighted by Crippen LogP contribution is -2.10. The van der Waals surface area contributed by atoms with E-state index >= 15 is 0 Å². The monoisotopic (exact) mass is 396 g/mol. The summed E-state index contributed by atoms with van der Waals surface area (Å²) in [6, 6.07) is 4.01. The Morgan fingerprint density at radius 3 is 2.67 bits per heavy atom. The van der Waals surface area contributed by atoms with Crippen molar-refractivity contribution in [2.45, 2.75) is 40.0 Å². The highest BCUT2D eigenvalue weighted by Crippen LogP contribution is 2.27. The molecule has 21 heavy (non-hydrogen) atoms. The number of pyridine rings is 1. The molecule has 0 saturated heterocycles. The Balaban J connectivity index is 2.53. The highest BCUT2D eigenvalue weighted by atomic mass is 127. The lowest BCUT2D eigenvalue weighted by atomic mass is 10.1. The summed E-state index contributed by atoms with van der Waals surface area (Å²) in [5.41, 5.74) is 3.06. The lowest BCUT2D eigenvalue weighted by molar-refractivity contribution is 0.806. The fourth-order valence-electron chi connectivity index (χ4n) is 1.98. The van der Waals surface area contributed by atoms with Gasteiger partial charge in [0.25, 0.3) is 0 Å². The Kier molecular flexibility index (Phi) is 5.50. The van der Waals surface area contributed by atoms with Crippen LogP contribution in [0.15, 0.2) is 18.3 Å². The smallest absolute Gasteiger partial charge is 0.180 e. The first-order valence-electron chi connectivity index (χ1n) is 7.27. The number of nitrogens with zero attached hydrogens (tertiary/aromatic N) is 3. The van der Waals surface area contributed by atoms with Crippen molar-refractivity contribution in [3.63, 3.8) is 0 Å². The van der Waals surface area contributed by atoms with Crippen LogP contribution in [0.3, 0.4) is 0 Å². The van der Waals surface area contributed by atoms with Gasteiger partial charge in [0.1, 0.15) is 11.5 Å². The molecule has 0 spiro atoms. The summed E-state index contributed by atoms with van der Waals surface area (Å²) in [5.74, 6) is 1.96. The van der Waals surface area contributed by atoms with Crippen molar-refractivity contribution in [1.82, 2.24) is 15.0 Å². The van der Waals surface area contributed by atoms with E-state index in [-0.39, 0.29) is 0 Å². The number of hydrogen-bond donors (Lipinski definition) is 1. The van der Waals surface area contributed by atoms with Gasteiger partial charge in [-0.3, -0.25) is 4.98 Å². The summed E-state index contributed by atoms with van der Waals surface area (Å²) in [7, 11) is 0. The topological polar surface area (TPSA) is 50.7 Å². The van der Waals surface area contributed by atoms with Gasteiger partial charge < -0.3 is 5.32 Å². The van der Waals surface area contributed by atoms with E-state index in [0.717, 1.165) is 39.3 Å². The number of rotatable bonds is 5. The molecule has 0 aliphatic carbocycles. The molecule has 0 fully saturated rings. The molecule has 2 aromatic rings. The predicted octanol–water partition coefficient (Wildman–Crippen LogP) is 4.40. The molecular weight excluding hydrogens is 375 g/mol. The van der Waals surface area contributed by atoms with Crippen LogP contribution in [0.5, 0.6) is 0 Å². The SMILES string of the molecule is CCCNc1nc(-c2cc(C)ccn2)nc(C(C)C)c1I. The van der Waals surface area contributed by atoms with Crippen molar-refractivity contribution in [3.8, 4) is 11.5 Å². The van der Waals surface area contributed by atoms with Crippen LogP contribution in [0.4, 0.5) is 5.82 Å². The molecule has 0 saturated carbocycles. The Bertz CT molecular complexity index is 626. The van der Waals surface area contributed by atoms with E-state index in [4.69, 9.17) is 4.98 Å². The third kappa shape index (κ3) is 3.90. The van der Waals surface area contributed by atoms with Crippen LogP contribution < -0.4 is 5.32 Å². The van der Waals surface area contributed by atoms with Crippen LogP contribution in [0.25, 0.3) is 11.5 Å². The average Bonchev–Trinajstić information content (AvgIpc) is 2.46. The second-order valence-corrected chi connectivity index (χ2v) is 6.47. The number of aryl methyl sites for hydroxylation is 1. The summed E-state index contributed by atoms with van der Waals surface area (Å²) in [5, 5.41) is 3.40. The van der Waals surface area contributed by atoms with Crippen LogP contribution in [0.2, 0.25) is 0 Å². The van der Waals surface area contributed by atoms with Crippen molar-refractivity contribution < 1.29 is 0 Å². The standard InChI is InChI=1S/C16H21IN4/c1-5-7-19-16-13(17)14(10(2)3)20-15(21-16)12-9-11(4)6-8-18-12/h6,8-10H,5,7H2,1-4H3,(H,19,20,21). The van der Waals surface area contributed by atoms with Gasteiger partial charge in [0.05, 0.1) is 9.26 Å². The van der Waals surface area contributed by atoms with E-state index in [1.54, 1.807) is 6.20 Å². The zero-order chi connectivity index (χ0) is 15.4. The van der Waals surface area contributed by atoms with Gasteiger partial charge in [-0.2, -0.15) is 0 Å². The minimum absolute atomic E-state index is 0.352. The highest BCUT2D eigenvalue weighted by molar-refractivity contribution is 14.1. The lowest BCUT2D eigenvalue weighted by Gasteiger charge is -2.14. The van der Waals surface area contributed by atoms with E-state index < -0.39 is 0 Å². The van der Waals surface area contributed by atoms with E-state index in [1.165, 1.54) is 0 Å². The summed E-state index contributed by atoms with van der Waals surface area (Å²) < 4.78 is 1.10. The van der Waals surface area contributed by atoms with Crippen LogP contribution in [0, 0.1) is 10.5 Å². The van der Waals surface area contributed by atoms with Gasteiger partial charge in [0.15, 0.2) is 5.82 Å². The third-order valence-corrected chi connectivity index (χ3v) is 4.17. The maximum absolute atomic E-state index is 4.73. The van der Waals surface area contributed by atoms with E-state index in [1.807, 2.05) is 12.1 Å². The summed E-state index contributed by atoms with van der Waals surface area (Å²) in [6.45, 7) is 9.42. The fraction of sp³-hybridized carbons (Fsp3) is 0.438. The van der Waals surface area contributed by atoms with Gasteiger partial charge in [0, 0.05) is 12.7 Å². The highest BCUT2D eigenvalue weighted by Gasteiger charge is 2.16. The van der Waals surface area contributed by atoms with Gasteiger partial charge in [-0.05, 0) is 59.5 Å². The molecule has 0 atom stereocenters. The number of aromatic nitrogens is 3. The Hall–Kier alpha value is -1.24. The fourth-order valence-corrected chi connectivity index (χ4v) is 3.04. The molecule has 4 nitrogen and oxygen atoms in total. The van der Waals surface area contributed by atoms with Crippen LogP contribution in [-0.4, -0.2) is 21.5 Å². The maximum Gasteiger partial charge on any atom is 0.180 e. The molecule has 0 unspecified atom stereocenters. The minimum atomic E-state index is 0.352. The van der Waals surface area contributed by atoms with Crippen molar-refractivity contribution in [1.29, 1.82) is 0 Å². The van der Waals surface area contributed by atoms with Crippen molar-refractivity contribution in [3.05, 3.63) is 33.2 Å². The van der Waals surface area contributed by atoms with Crippen LogP contribution in [-0.2, 0) is 0 Å². The number of anilines is 1. The van der Waals surface area contributed by atoms with Crippen molar-refractivity contribution >= 4 is 28.4 Å². The molecule has 1 N–H and O–H groups in total. The minimum Gasteiger partial charge on any atom is -0.369 e. The van der Waals surface area contributed by atoms with Gasteiger partial charge in [-0.25, -0.2) is 9.97 Å². The molecule has 0 aliphatic rings. The molecular formula is C16H21IN4.